The van der Waals surface area contributed by atoms with Gasteiger partial charge < -0.3 is 15.0 Å². The fourth-order valence-corrected chi connectivity index (χ4v) is 3.35. The van der Waals surface area contributed by atoms with E-state index in [-0.39, 0.29) is 17.2 Å². The molecule has 0 saturated carbocycles. The summed E-state index contributed by atoms with van der Waals surface area (Å²) in [4.78, 5) is 11.3. The molecule has 6 nitrogen and oxygen atoms in total. The first kappa shape index (κ1) is 19.4. The van der Waals surface area contributed by atoms with Gasteiger partial charge in [-0.1, -0.05) is 48.6 Å². The first-order valence-corrected chi connectivity index (χ1v) is 9.05. The maximum absolute atomic E-state index is 11.7. The third kappa shape index (κ3) is 3.70. The zero-order valence-corrected chi connectivity index (χ0v) is 16.1. The SMILES string of the molecule is CC1(C)OB(C2C=C(N)C([N+](=O)[O-])=C(C3=CC=CC=CC=C3)C2)OC1(C)C. The molecule has 0 amide bonds. The maximum Gasteiger partial charge on any atom is 0.465 e. The van der Waals surface area contributed by atoms with E-state index in [9.17, 15) is 10.1 Å². The molecule has 0 aromatic rings. The topological polar surface area (TPSA) is 87.6 Å². The van der Waals surface area contributed by atoms with E-state index in [1.807, 2.05) is 70.2 Å². The van der Waals surface area contributed by atoms with E-state index in [0.29, 0.717) is 12.0 Å². The van der Waals surface area contributed by atoms with Crippen LogP contribution in [0.3, 0.4) is 0 Å². The van der Waals surface area contributed by atoms with Crippen molar-refractivity contribution in [3.63, 3.8) is 0 Å². The van der Waals surface area contributed by atoms with Crippen LogP contribution >= 0.6 is 0 Å². The molecule has 1 fully saturated rings. The number of nitro groups is 1. The maximum atomic E-state index is 11.7. The fourth-order valence-electron chi connectivity index (χ4n) is 3.35. The molecule has 0 bridgehead atoms. The van der Waals surface area contributed by atoms with E-state index in [2.05, 4.69) is 0 Å². The molecule has 0 radical (unpaired) electrons. The molecule has 0 aromatic carbocycles. The van der Waals surface area contributed by atoms with Crippen molar-refractivity contribution >= 4 is 7.12 Å². The molecule has 1 saturated heterocycles. The highest BCUT2D eigenvalue weighted by Gasteiger charge is 2.54. The molecule has 7 heteroatoms. The third-order valence-corrected chi connectivity index (χ3v) is 5.54. The van der Waals surface area contributed by atoms with Gasteiger partial charge in [0.1, 0.15) is 5.70 Å². The van der Waals surface area contributed by atoms with Crippen LogP contribution in [-0.2, 0) is 9.31 Å². The van der Waals surface area contributed by atoms with Crippen LogP contribution < -0.4 is 5.73 Å². The smallest absolute Gasteiger partial charge is 0.403 e. The predicted molar refractivity (Wildman–Crippen MR) is 106 cm³/mol. The molecular formula is C20H25BN2O4. The fraction of sp³-hybridized carbons (Fsp3) is 0.400. The van der Waals surface area contributed by atoms with Crippen molar-refractivity contribution in [1.29, 1.82) is 0 Å². The summed E-state index contributed by atoms with van der Waals surface area (Å²) in [5.41, 5.74) is 6.63. The minimum absolute atomic E-state index is 0.0448. The van der Waals surface area contributed by atoms with Gasteiger partial charge in [-0.3, -0.25) is 10.1 Å². The summed E-state index contributed by atoms with van der Waals surface area (Å²) in [6, 6.07) is 0. The molecule has 2 N–H and O–H groups in total. The average molecular weight is 368 g/mol. The second-order valence-electron chi connectivity index (χ2n) is 7.95. The lowest BCUT2D eigenvalue weighted by atomic mass is 9.65. The van der Waals surface area contributed by atoms with E-state index < -0.39 is 23.2 Å². The lowest BCUT2D eigenvalue weighted by molar-refractivity contribution is -0.422. The summed E-state index contributed by atoms with van der Waals surface area (Å²) in [5, 5.41) is 11.7. The lowest BCUT2D eigenvalue weighted by Crippen LogP contribution is -2.41. The van der Waals surface area contributed by atoms with Crippen molar-refractivity contribution < 1.29 is 14.2 Å². The summed E-state index contributed by atoms with van der Waals surface area (Å²) in [6.45, 7) is 7.94. The Hall–Kier alpha value is -2.38. The Balaban J connectivity index is 1.97. The van der Waals surface area contributed by atoms with Crippen molar-refractivity contribution in [3.8, 4) is 0 Å². The van der Waals surface area contributed by atoms with Gasteiger partial charge in [0.25, 0.3) is 5.70 Å². The second kappa shape index (κ2) is 6.98. The Morgan fingerprint density at radius 1 is 1.11 bits per heavy atom. The van der Waals surface area contributed by atoms with Crippen molar-refractivity contribution in [2.24, 2.45) is 5.73 Å². The molecule has 1 heterocycles. The van der Waals surface area contributed by atoms with Gasteiger partial charge in [0.05, 0.1) is 16.1 Å². The third-order valence-electron chi connectivity index (χ3n) is 5.54. The summed E-state index contributed by atoms with van der Waals surface area (Å²) >= 11 is 0. The van der Waals surface area contributed by atoms with E-state index in [1.54, 1.807) is 6.08 Å². The van der Waals surface area contributed by atoms with Gasteiger partial charge in [0.2, 0.25) is 0 Å². The Kier molecular flexibility index (Phi) is 5.01. The minimum atomic E-state index is -0.509. The monoisotopic (exact) mass is 368 g/mol. The first-order valence-electron chi connectivity index (χ1n) is 9.05. The molecule has 3 rings (SSSR count). The number of nitrogens with zero attached hydrogens (tertiary/aromatic N) is 1. The van der Waals surface area contributed by atoms with Crippen molar-refractivity contribution in [1.82, 2.24) is 0 Å². The molecule has 0 aromatic heterocycles. The first-order chi connectivity index (χ1) is 12.6. The lowest BCUT2D eigenvalue weighted by Gasteiger charge is -2.32. The van der Waals surface area contributed by atoms with Gasteiger partial charge in [-0.05, 0) is 39.7 Å². The molecule has 27 heavy (non-hydrogen) atoms. The molecular weight excluding hydrogens is 343 g/mol. The van der Waals surface area contributed by atoms with Crippen LogP contribution in [0.5, 0.6) is 0 Å². The summed E-state index contributed by atoms with van der Waals surface area (Å²) in [7, 11) is -0.509. The highest BCUT2D eigenvalue weighted by atomic mass is 16.7. The summed E-state index contributed by atoms with van der Waals surface area (Å²) < 4.78 is 12.3. The highest BCUT2D eigenvalue weighted by molar-refractivity contribution is 6.48. The van der Waals surface area contributed by atoms with Gasteiger partial charge in [0, 0.05) is 11.4 Å². The number of allylic oxidation sites excluding steroid dienone is 10. The van der Waals surface area contributed by atoms with Crippen LogP contribution in [-0.4, -0.2) is 23.2 Å². The molecule has 2 aliphatic carbocycles. The van der Waals surface area contributed by atoms with Crippen LogP contribution in [0.1, 0.15) is 34.1 Å². The number of hydrogen-bond donors (Lipinski definition) is 1. The standard InChI is InChI=1S/C20H25BN2O4/c1-19(2)20(3,4)27-21(26-19)15-12-16(18(23(24)25)17(22)13-15)14-10-8-6-5-7-9-11-14/h5-11,13,15H,12,22H2,1-4H3. The molecule has 1 aliphatic heterocycles. The molecule has 142 valence electrons. The molecule has 0 spiro atoms. The zero-order valence-electron chi connectivity index (χ0n) is 16.1. The largest absolute Gasteiger partial charge is 0.465 e. The summed E-state index contributed by atoms with van der Waals surface area (Å²) in [5.74, 6) is -0.205. The Morgan fingerprint density at radius 3 is 2.33 bits per heavy atom. The van der Waals surface area contributed by atoms with Crippen LogP contribution in [0.15, 0.2) is 71.1 Å². The second-order valence-corrected chi connectivity index (χ2v) is 7.95. The quantitative estimate of drug-likeness (QED) is 0.465. The minimum Gasteiger partial charge on any atom is -0.403 e. The Bertz CT molecular complexity index is 815. The van der Waals surface area contributed by atoms with Crippen molar-refractivity contribution in [2.45, 2.75) is 51.1 Å². The normalized spacial score (nSPS) is 26.5. The van der Waals surface area contributed by atoms with Crippen molar-refractivity contribution in [2.75, 3.05) is 0 Å². The van der Waals surface area contributed by atoms with Crippen LogP contribution in [0.25, 0.3) is 0 Å². The molecule has 1 atom stereocenters. The predicted octanol–water partition coefficient (Wildman–Crippen LogP) is 3.83. The van der Waals surface area contributed by atoms with Gasteiger partial charge in [-0.15, -0.1) is 0 Å². The van der Waals surface area contributed by atoms with Gasteiger partial charge >= 0.3 is 7.12 Å². The Labute approximate surface area is 160 Å². The van der Waals surface area contributed by atoms with E-state index in [0.717, 1.165) is 5.57 Å². The zero-order chi connectivity index (χ0) is 19.8. The van der Waals surface area contributed by atoms with Gasteiger partial charge in [-0.25, -0.2) is 0 Å². The number of rotatable bonds is 3. The number of nitrogens with two attached hydrogens (primary N) is 1. The van der Waals surface area contributed by atoms with E-state index in [1.165, 1.54) is 0 Å². The van der Waals surface area contributed by atoms with Crippen LogP contribution in [0.4, 0.5) is 0 Å². The molecule has 1 unspecified atom stereocenters. The Morgan fingerprint density at radius 2 is 1.70 bits per heavy atom. The van der Waals surface area contributed by atoms with E-state index >= 15 is 0 Å². The van der Waals surface area contributed by atoms with Crippen LogP contribution in [0, 0.1) is 10.1 Å². The average Bonchev–Trinajstić information content (AvgIpc) is 2.74. The van der Waals surface area contributed by atoms with E-state index in [4.69, 9.17) is 15.0 Å². The number of hydrogen-bond acceptors (Lipinski definition) is 5. The highest BCUT2D eigenvalue weighted by Crippen LogP contribution is 2.45. The molecule has 3 aliphatic rings. The van der Waals surface area contributed by atoms with Gasteiger partial charge in [0.15, 0.2) is 0 Å². The van der Waals surface area contributed by atoms with Crippen LogP contribution in [0.2, 0.25) is 5.82 Å². The van der Waals surface area contributed by atoms with Gasteiger partial charge in [-0.2, -0.15) is 0 Å². The summed E-state index contributed by atoms with van der Waals surface area (Å²) in [6.07, 6.45) is 15.2. The van der Waals surface area contributed by atoms with Crippen molar-refractivity contribution in [3.05, 3.63) is 81.3 Å².